The Kier molecular flexibility index (Phi) is 4.15. The van der Waals surface area contributed by atoms with Gasteiger partial charge in [0.25, 0.3) is 0 Å². The van der Waals surface area contributed by atoms with Crippen molar-refractivity contribution in [3.05, 3.63) is 71.2 Å². The molecular formula is C19H19FN2O. The second-order valence-electron chi connectivity index (χ2n) is 5.77. The van der Waals surface area contributed by atoms with E-state index in [0.717, 1.165) is 17.7 Å². The van der Waals surface area contributed by atoms with E-state index in [2.05, 4.69) is 24.0 Å². The Bertz CT molecular complexity index is 796. The van der Waals surface area contributed by atoms with Crippen LogP contribution in [0.1, 0.15) is 18.1 Å². The van der Waals surface area contributed by atoms with E-state index in [-0.39, 0.29) is 5.75 Å². The summed E-state index contributed by atoms with van der Waals surface area (Å²) >= 11 is 0. The fourth-order valence-corrected chi connectivity index (χ4v) is 2.65. The standard InChI is InChI=1S/C19H19FN2O/c1-13-5-3-4-6-15(13)9-18-14(2)11-22(12-21-18)16-7-8-19(23)17(20)10-16/h3-8,10-11,23H,9,12H2,1-2H3. The molecule has 23 heavy (non-hydrogen) atoms. The van der Waals surface area contributed by atoms with Gasteiger partial charge in [0, 0.05) is 30.1 Å². The fraction of sp³-hybridized carbons (Fsp3) is 0.211. The highest BCUT2D eigenvalue weighted by Gasteiger charge is 2.15. The van der Waals surface area contributed by atoms with Crippen molar-refractivity contribution in [2.75, 3.05) is 11.6 Å². The predicted octanol–water partition coefficient (Wildman–Crippen LogP) is 4.20. The molecule has 1 aliphatic rings. The number of aliphatic imine (C=N–C) groups is 1. The van der Waals surface area contributed by atoms with Crippen molar-refractivity contribution in [3.8, 4) is 5.75 Å². The lowest BCUT2D eigenvalue weighted by Gasteiger charge is -2.25. The molecule has 0 fully saturated rings. The third kappa shape index (κ3) is 3.26. The molecule has 0 saturated heterocycles. The van der Waals surface area contributed by atoms with E-state index < -0.39 is 5.82 Å². The highest BCUT2D eigenvalue weighted by molar-refractivity contribution is 6.02. The molecule has 2 aromatic rings. The lowest BCUT2D eigenvalue weighted by Crippen LogP contribution is -2.25. The van der Waals surface area contributed by atoms with Crippen LogP contribution in [0, 0.1) is 12.7 Å². The number of anilines is 1. The summed E-state index contributed by atoms with van der Waals surface area (Å²) in [4.78, 5) is 6.52. The number of halogens is 1. The SMILES string of the molecule is CC1=CN(c2ccc(O)c(F)c2)CN=C1Cc1ccccc1C. The Morgan fingerprint density at radius 3 is 2.65 bits per heavy atom. The smallest absolute Gasteiger partial charge is 0.166 e. The Morgan fingerprint density at radius 1 is 1.17 bits per heavy atom. The van der Waals surface area contributed by atoms with Crippen LogP contribution in [-0.4, -0.2) is 17.5 Å². The maximum atomic E-state index is 13.5. The molecule has 2 aromatic carbocycles. The topological polar surface area (TPSA) is 35.8 Å². The third-order valence-corrected chi connectivity index (χ3v) is 4.10. The van der Waals surface area contributed by atoms with Gasteiger partial charge in [0.05, 0.1) is 0 Å². The molecule has 118 valence electrons. The molecule has 1 heterocycles. The molecule has 1 aliphatic heterocycles. The Balaban J connectivity index is 1.79. The number of benzene rings is 2. The second kappa shape index (κ2) is 6.24. The van der Waals surface area contributed by atoms with Crippen LogP contribution in [-0.2, 0) is 6.42 Å². The normalized spacial score (nSPS) is 14.5. The second-order valence-corrected chi connectivity index (χ2v) is 5.77. The highest BCUT2D eigenvalue weighted by Crippen LogP contribution is 2.25. The average molecular weight is 310 g/mol. The Hall–Kier alpha value is -2.62. The number of nitrogens with zero attached hydrogens (tertiary/aromatic N) is 2. The molecule has 0 bridgehead atoms. The first-order chi connectivity index (χ1) is 11.0. The van der Waals surface area contributed by atoms with Crippen LogP contribution in [0.5, 0.6) is 5.75 Å². The number of aryl methyl sites for hydroxylation is 1. The van der Waals surface area contributed by atoms with Gasteiger partial charge in [-0.15, -0.1) is 0 Å². The first-order valence-corrected chi connectivity index (χ1v) is 7.56. The molecule has 0 aliphatic carbocycles. The van der Waals surface area contributed by atoms with Gasteiger partial charge in [-0.1, -0.05) is 24.3 Å². The minimum Gasteiger partial charge on any atom is -0.505 e. The average Bonchev–Trinajstić information content (AvgIpc) is 2.54. The molecule has 0 saturated carbocycles. The number of hydrogen-bond donors (Lipinski definition) is 1. The van der Waals surface area contributed by atoms with Crippen LogP contribution in [0.2, 0.25) is 0 Å². The molecular weight excluding hydrogens is 291 g/mol. The van der Waals surface area contributed by atoms with E-state index in [0.29, 0.717) is 12.4 Å². The third-order valence-electron chi connectivity index (χ3n) is 4.10. The van der Waals surface area contributed by atoms with Crippen molar-refractivity contribution < 1.29 is 9.50 Å². The van der Waals surface area contributed by atoms with Crippen LogP contribution < -0.4 is 4.90 Å². The van der Waals surface area contributed by atoms with E-state index in [9.17, 15) is 9.50 Å². The minimum absolute atomic E-state index is 0.338. The zero-order chi connectivity index (χ0) is 16.4. The molecule has 0 atom stereocenters. The van der Waals surface area contributed by atoms with Gasteiger partial charge in [0.15, 0.2) is 11.6 Å². The monoisotopic (exact) mass is 310 g/mol. The van der Waals surface area contributed by atoms with Gasteiger partial charge in [0.1, 0.15) is 6.67 Å². The van der Waals surface area contributed by atoms with Crippen molar-refractivity contribution in [2.24, 2.45) is 4.99 Å². The van der Waals surface area contributed by atoms with Gasteiger partial charge in [-0.05, 0) is 42.7 Å². The van der Waals surface area contributed by atoms with Crippen molar-refractivity contribution in [1.82, 2.24) is 0 Å². The van der Waals surface area contributed by atoms with Gasteiger partial charge in [0.2, 0.25) is 0 Å². The van der Waals surface area contributed by atoms with E-state index in [1.807, 2.05) is 30.2 Å². The van der Waals surface area contributed by atoms with Crippen LogP contribution in [0.15, 0.2) is 59.2 Å². The van der Waals surface area contributed by atoms with Crippen molar-refractivity contribution >= 4 is 11.4 Å². The lowest BCUT2D eigenvalue weighted by atomic mass is 9.99. The number of phenols is 1. The van der Waals surface area contributed by atoms with Crippen LogP contribution >= 0.6 is 0 Å². The summed E-state index contributed by atoms with van der Waals surface area (Å²) in [7, 11) is 0. The summed E-state index contributed by atoms with van der Waals surface area (Å²) in [6.45, 7) is 4.56. The molecule has 1 N–H and O–H groups in total. The van der Waals surface area contributed by atoms with Crippen LogP contribution in [0.3, 0.4) is 0 Å². The summed E-state index contributed by atoms with van der Waals surface area (Å²) in [5.41, 5.74) is 5.32. The van der Waals surface area contributed by atoms with Crippen molar-refractivity contribution in [1.29, 1.82) is 0 Å². The largest absolute Gasteiger partial charge is 0.505 e. The maximum Gasteiger partial charge on any atom is 0.166 e. The molecule has 3 nitrogen and oxygen atoms in total. The maximum absolute atomic E-state index is 13.5. The molecule has 0 amide bonds. The Morgan fingerprint density at radius 2 is 1.96 bits per heavy atom. The molecule has 0 radical (unpaired) electrons. The molecule has 3 rings (SSSR count). The van der Waals surface area contributed by atoms with Crippen LogP contribution in [0.25, 0.3) is 0 Å². The van der Waals surface area contributed by atoms with E-state index in [4.69, 9.17) is 0 Å². The highest BCUT2D eigenvalue weighted by atomic mass is 19.1. The molecule has 0 aromatic heterocycles. The number of rotatable bonds is 3. The van der Waals surface area contributed by atoms with Gasteiger partial charge < -0.3 is 10.0 Å². The lowest BCUT2D eigenvalue weighted by molar-refractivity contribution is 0.432. The van der Waals surface area contributed by atoms with Gasteiger partial charge >= 0.3 is 0 Å². The summed E-state index contributed by atoms with van der Waals surface area (Å²) in [6.07, 6.45) is 2.78. The molecule has 0 unspecified atom stereocenters. The van der Waals surface area contributed by atoms with Gasteiger partial charge in [-0.25, -0.2) is 4.39 Å². The van der Waals surface area contributed by atoms with Crippen LogP contribution in [0.4, 0.5) is 10.1 Å². The number of aromatic hydroxyl groups is 1. The van der Waals surface area contributed by atoms with Crippen molar-refractivity contribution in [2.45, 2.75) is 20.3 Å². The number of allylic oxidation sites excluding steroid dienone is 1. The Labute approximate surface area is 135 Å². The zero-order valence-corrected chi connectivity index (χ0v) is 13.3. The van der Waals surface area contributed by atoms with E-state index in [1.54, 1.807) is 6.07 Å². The minimum atomic E-state index is -0.622. The zero-order valence-electron chi connectivity index (χ0n) is 13.3. The summed E-state index contributed by atoms with van der Waals surface area (Å²) < 4.78 is 13.5. The number of phenolic OH excluding ortho intramolecular Hbond substituents is 1. The fourth-order valence-electron chi connectivity index (χ4n) is 2.65. The first-order valence-electron chi connectivity index (χ1n) is 7.56. The summed E-state index contributed by atoms with van der Waals surface area (Å²) in [5.74, 6) is -0.960. The predicted molar refractivity (Wildman–Crippen MR) is 91.5 cm³/mol. The van der Waals surface area contributed by atoms with Gasteiger partial charge in [-0.3, -0.25) is 4.99 Å². The number of hydrogen-bond acceptors (Lipinski definition) is 3. The van der Waals surface area contributed by atoms with E-state index in [1.165, 1.54) is 23.3 Å². The van der Waals surface area contributed by atoms with E-state index >= 15 is 0 Å². The van der Waals surface area contributed by atoms with Gasteiger partial charge in [-0.2, -0.15) is 0 Å². The molecule has 0 spiro atoms. The molecule has 4 heteroatoms. The summed E-state index contributed by atoms with van der Waals surface area (Å²) in [5, 5.41) is 9.29. The first kappa shape index (κ1) is 15.3. The quantitative estimate of drug-likeness (QED) is 0.922. The van der Waals surface area contributed by atoms with Crippen molar-refractivity contribution in [3.63, 3.8) is 0 Å². The summed E-state index contributed by atoms with van der Waals surface area (Å²) in [6, 6.07) is 12.7.